The fourth-order valence-electron chi connectivity index (χ4n) is 1.68. The fourth-order valence-corrected chi connectivity index (χ4v) is 2.16. The van der Waals surface area contributed by atoms with Gasteiger partial charge in [-0.1, -0.05) is 15.9 Å². The normalized spacial score (nSPS) is 10.1. The Hall–Kier alpha value is -2.48. The lowest BCUT2D eigenvalue weighted by molar-refractivity contribution is -0.115. The topological polar surface area (TPSA) is 104 Å². The number of H-pyrrole nitrogens is 1. The van der Waals surface area contributed by atoms with Crippen LogP contribution in [0.25, 0.3) is 0 Å². The third kappa shape index (κ3) is 4.26. The van der Waals surface area contributed by atoms with Gasteiger partial charge in [0, 0.05) is 16.2 Å². The minimum atomic E-state index is -0.543. The molecule has 0 aliphatic heterocycles. The SMILES string of the molecule is Cc1cc(Br)ccc1NC(=O)CNC(=O)c1ccc(=O)[nH]n1. The van der Waals surface area contributed by atoms with Crippen LogP contribution >= 0.6 is 15.9 Å². The molecule has 2 rings (SSSR count). The summed E-state index contributed by atoms with van der Waals surface area (Å²) < 4.78 is 0.917. The maximum Gasteiger partial charge on any atom is 0.272 e. The van der Waals surface area contributed by atoms with Gasteiger partial charge in [0.1, 0.15) is 5.69 Å². The first kappa shape index (κ1) is 15.9. The highest BCUT2D eigenvalue weighted by Gasteiger charge is 2.10. The van der Waals surface area contributed by atoms with E-state index in [0.29, 0.717) is 5.69 Å². The van der Waals surface area contributed by atoms with E-state index >= 15 is 0 Å². The zero-order valence-electron chi connectivity index (χ0n) is 11.6. The monoisotopic (exact) mass is 364 g/mol. The van der Waals surface area contributed by atoms with Crippen LogP contribution in [0.1, 0.15) is 16.1 Å². The molecule has 7 nitrogen and oxygen atoms in total. The van der Waals surface area contributed by atoms with Gasteiger partial charge in [-0.25, -0.2) is 5.10 Å². The van der Waals surface area contributed by atoms with Gasteiger partial charge in [0.15, 0.2) is 0 Å². The number of aromatic amines is 1. The highest BCUT2D eigenvalue weighted by molar-refractivity contribution is 9.10. The molecule has 0 aliphatic rings. The number of nitrogens with one attached hydrogen (secondary N) is 3. The van der Waals surface area contributed by atoms with E-state index in [4.69, 9.17) is 0 Å². The molecule has 8 heteroatoms. The smallest absolute Gasteiger partial charge is 0.272 e. The van der Waals surface area contributed by atoms with Crippen molar-refractivity contribution in [1.82, 2.24) is 15.5 Å². The Morgan fingerprint density at radius 2 is 2.05 bits per heavy atom. The number of benzene rings is 1. The molecule has 0 unspecified atom stereocenters. The first-order chi connectivity index (χ1) is 10.5. The number of hydrogen-bond acceptors (Lipinski definition) is 4. The second-order valence-corrected chi connectivity index (χ2v) is 5.41. The van der Waals surface area contributed by atoms with Gasteiger partial charge in [-0.15, -0.1) is 0 Å². The molecule has 1 aromatic heterocycles. The van der Waals surface area contributed by atoms with Crippen molar-refractivity contribution in [3.05, 3.63) is 56.4 Å². The van der Waals surface area contributed by atoms with Gasteiger partial charge in [-0.05, 0) is 36.8 Å². The standard InChI is InChI=1S/C14H13BrN4O3/c1-8-6-9(15)2-3-10(8)17-13(21)7-16-14(22)11-4-5-12(20)19-18-11/h2-6H,7H2,1H3,(H,16,22)(H,17,21)(H,19,20). The summed E-state index contributed by atoms with van der Waals surface area (Å²) in [6.45, 7) is 1.67. The average molecular weight is 365 g/mol. The van der Waals surface area contributed by atoms with E-state index in [0.717, 1.165) is 10.0 Å². The molecule has 0 radical (unpaired) electrons. The molecule has 114 valence electrons. The lowest BCUT2D eigenvalue weighted by Crippen LogP contribution is -2.33. The zero-order chi connectivity index (χ0) is 16.1. The first-order valence-corrected chi connectivity index (χ1v) is 7.15. The fraction of sp³-hybridized carbons (Fsp3) is 0.143. The number of anilines is 1. The summed E-state index contributed by atoms with van der Waals surface area (Å²) in [5.74, 6) is -0.901. The number of halogens is 1. The third-order valence-electron chi connectivity index (χ3n) is 2.78. The summed E-state index contributed by atoms with van der Waals surface area (Å²) in [5, 5.41) is 10.9. The quantitative estimate of drug-likeness (QED) is 0.758. The molecule has 3 N–H and O–H groups in total. The van der Waals surface area contributed by atoms with Crippen LogP contribution in [0.15, 0.2) is 39.6 Å². The molecule has 1 aromatic carbocycles. The van der Waals surface area contributed by atoms with Crippen molar-refractivity contribution in [3.63, 3.8) is 0 Å². The van der Waals surface area contributed by atoms with E-state index < -0.39 is 11.5 Å². The van der Waals surface area contributed by atoms with Crippen molar-refractivity contribution in [3.8, 4) is 0 Å². The minimum absolute atomic E-state index is 0.0345. The van der Waals surface area contributed by atoms with E-state index in [-0.39, 0.29) is 18.1 Å². The van der Waals surface area contributed by atoms with Crippen molar-refractivity contribution in [2.75, 3.05) is 11.9 Å². The highest BCUT2D eigenvalue weighted by atomic mass is 79.9. The summed E-state index contributed by atoms with van der Waals surface area (Å²) in [7, 11) is 0. The Labute approximate surface area is 134 Å². The van der Waals surface area contributed by atoms with E-state index in [1.54, 1.807) is 6.07 Å². The third-order valence-corrected chi connectivity index (χ3v) is 3.28. The number of hydrogen-bond donors (Lipinski definition) is 3. The summed E-state index contributed by atoms with van der Waals surface area (Å²) >= 11 is 3.34. The number of aromatic nitrogens is 2. The average Bonchev–Trinajstić information content (AvgIpc) is 2.48. The van der Waals surface area contributed by atoms with Crippen LogP contribution in [-0.4, -0.2) is 28.6 Å². The predicted molar refractivity (Wildman–Crippen MR) is 84.7 cm³/mol. The largest absolute Gasteiger partial charge is 0.342 e. The Balaban J connectivity index is 1.91. The molecular weight excluding hydrogens is 352 g/mol. The van der Waals surface area contributed by atoms with Crippen LogP contribution < -0.4 is 16.2 Å². The Morgan fingerprint density at radius 3 is 2.68 bits per heavy atom. The van der Waals surface area contributed by atoms with Gasteiger partial charge in [0.05, 0.1) is 6.54 Å². The first-order valence-electron chi connectivity index (χ1n) is 6.35. The maximum absolute atomic E-state index is 11.8. The van der Waals surface area contributed by atoms with Gasteiger partial charge in [-0.3, -0.25) is 14.4 Å². The van der Waals surface area contributed by atoms with Crippen LogP contribution in [0.5, 0.6) is 0 Å². The molecule has 0 saturated heterocycles. The molecule has 2 aromatic rings. The van der Waals surface area contributed by atoms with E-state index in [1.165, 1.54) is 12.1 Å². The molecule has 22 heavy (non-hydrogen) atoms. The maximum atomic E-state index is 11.8. The number of carbonyl (C=O) groups is 2. The zero-order valence-corrected chi connectivity index (χ0v) is 13.2. The molecule has 0 saturated carbocycles. The van der Waals surface area contributed by atoms with Crippen molar-refractivity contribution in [2.45, 2.75) is 6.92 Å². The van der Waals surface area contributed by atoms with Crippen molar-refractivity contribution < 1.29 is 9.59 Å². The highest BCUT2D eigenvalue weighted by Crippen LogP contribution is 2.19. The van der Waals surface area contributed by atoms with Crippen molar-refractivity contribution in [2.24, 2.45) is 0 Å². The van der Waals surface area contributed by atoms with E-state index in [9.17, 15) is 14.4 Å². The van der Waals surface area contributed by atoms with Crippen molar-refractivity contribution >= 4 is 33.4 Å². The summed E-state index contributed by atoms with van der Waals surface area (Å²) in [6.07, 6.45) is 0. The summed E-state index contributed by atoms with van der Waals surface area (Å²) in [6, 6.07) is 7.92. The van der Waals surface area contributed by atoms with Crippen LogP contribution in [0.3, 0.4) is 0 Å². The second kappa shape index (κ2) is 6.99. The number of rotatable bonds is 4. The van der Waals surface area contributed by atoms with Crippen molar-refractivity contribution in [1.29, 1.82) is 0 Å². The van der Waals surface area contributed by atoms with Gasteiger partial charge in [0.2, 0.25) is 5.91 Å². The molecule has 0 fully saturated rings. The van der Waals surface area contributed by atoms with Gasteiger partial charge in [0.25, 0.3) is 11.5 Å². The van der Waals surface area contributed by atoms with Crippen LogP contribution in [0, 0.1) is 6.92 Å². The Bertz CT molecular complexity index is 752. The number of amides is 2. The Kier molecular flexibility index (Phi) is 5.05. The summed E-state index contributed by atoms with van der Waals surface area (Å²) in [4.78, 5) is 34.4. The lowest BCUT2D eigenvalue weighted by Gasteiger charge is -2.09. The van der Waals surface area contributed by atoms with Gasteiger partial charge < -0.3 is 10.6 Å². The second-order valence-electron chi connectivity index (χ2n) is 4.50. The Morgan fingerprint density at radius 1 is 1.27 bits per heavy atom. The molecule has 0 aliphatic carbocycles. The van der Waals surface area contributed by atoms with E-state index in [2.05, 4.69) is 36.8 Å². The molecule has 0 bridgehead atoms. The molecule has 2 amide bonds. The summed E-state index contributed by atoms with van der Waals surface area (Å²) in [5.41, 5.74) is 1.20. The lowest BCUT2D eigenvalue weighted by atomic mass is 10.2. The number of carbonyl (C=O) groups excluding carboxylic acids is 2. The predicted octanol–water partition coefficient (Wildman–Crippen LogP) is 1.21. The molecule has 0 spiro atoms. The molecule has 0 atom stereocenters. The van der Waals surface area contributed by atoms with E-state index in [1.807, 2.05) is 19.1 Å². The van der Waals surface area contributed by atoms with Crippen LogP contribution in [0.2, 0.25) is 0 Å². The molecule has 1 heterocycles. The van der Waals surface area contributed by atoms with Gasteiger partial charge in [-0.2, -0.15) is 5.10 Å². The van der Waals surface area contributed by atoms with Crippen LogP contribution in [-0.2, 0) is 4.79 Å². The number of nitrogens with zero attached hydrogens (tertiary/aromatic N) is 1. The molecular formula is C14H13BrN4O3. The van der Waals surface area contributed by atoms with Crippen LogP contribution in [0.4, 0.5) is 5.69 Å². The number of aryl methyl sites for hydroxylation is 1. The minimum Gasteiger partial charge on any atom is -0.342 e. The van der Waals surface area contributed by atoms with Gasteiger partial charge >= 0.3 is 0 Å².